The van der Waals surface area contributed by atoms with Gasteiger partial charge in [-0.25, -0.2) is 15.0 Å². The molecular weight excluding hydrogens is 350 g/mol. The zero-order valence-electron chi connectivity index (χ0n) is 16.8. The van der Waals surface area contributed by atoms with Gasteiger partial charge in [0, 0.05) is 35.6 Å². The van der Waals surface area contributed by atoms with Gasteiger partial charge in [-0.1, -0.05) is 33.8 Å². The normalized spacial score (nSPS) is 15.4. The Balaban J connectivity index is 1.66. The van der Waals surface area contributed by atoms with E-state index in [-0.39, 0.29) is 11.3 Å². The van der Waals surface area contributed by atoms with Crippen LogP contribution in [0.2, 0.25) is 0 Å². The number of ether oxygens (including phenoxy) is 2. The molecule has 0 N–H and O–H groups in total. The first-order valence-corrected chi connectivity index (χ1v) is 9.61. The minimum atomic E-state index is 0.113. The minimum absolute atomic E-state index is 0.113. The summed E-state index contributed by atoms with van der Waals surface area (Å²) < 4.78 is 12.2. The van der Waals surface area contributed by atoms with E-state index in [0.29, 0.717) is 12.5 Å². The van der Waals surface area contributed by atoms with Crippen molar-refractivity contribution in [1.29, 1.82) is 0 Å². The van der Waals surface area contributed by atoms with Crippen LogP contribution in [0.1, 0.15) is 51.2 Å². The van der Waals surface area contributed by atoms with E-state index in [1.165, 1.54) is 6.33 Å². The van der Waals surface area contributed by atoms with Crippen LogP contribution in [-0.2, 0) is 0 Å². The molecule has 0 aliphatic carbocycles. The molecule has 0 saturated carbocycles. The highest BCUT2D eigenvalue weighted by molar-refractivity contribution is 5.67. The lowest BCUT2D eigenvalue weighted by Crippen LogP contribution is -2.15. The fourth-order valence-electron chi connectivity index (χ4n) is 3.38. The molecule has 0 saturated heterocycles. The molecule has 1 atom stereocenters. The van der Waals surface area contributed by atoms with Crippen molar-refractivity contribution in [3.8, 4) is 28.5 Å². The number of hydrogen-bond acceptors (Lipinski definition) is 5. The molecule has 1 aromatic carbocycles. The number of aromatic nitrogens is 3. The molecule has 0 fully saturated rings. The summed E-state index contributed by atoms with van der Waals surface area (Å²) in [5.41, 5.74) is 4.39. The largest absolute Gasteiger partial charge is 0.477 e. The van der Waals surface area contributed by atoms with Crippen LogP contribution in [0.5, 0.6) is 17.4 Å². The van der Waals surface area contributed by atoms with E-state index in [2.05, 4.69) is 48.7 Å². The summed E-state index contributed by atoms with van der Waals surface area (Å²) in [6.07, 6.45) is 7.89. The zero-order valence-corrected chi connectivity index (χ0v) is 16.8. The molecule has 1 aliphatic rings. The maximum Gasteiger partial charge on any atom is 0.220 e. The van der Waals surface area contributed by atoms with E-state index >= 15 is 0 Å². The van der Waals surface area contributed by atoms with Gasteiger partial charge in [-0.3, -0.25) is 0 Å². The van der Waals surface area contributed by atoms with Crippen molar-refractivity contribution in [2.24, 2.45) is 5.41 Å². The second-order valence-electron chi connectivity index (χ2n) is 8.39. The molecule has 0 radical (unpaired) electrons. The second kappa shape index (κ2) is 7.23. The molecule has 0 bridgehead atoms. The van der Waals surface area contributed by atoms with Crippen LogP contribution in [0.3, 0.4) is 0 Å². The topological polar surface area (TPSA) is 57.1 Å². The number of hydrogen-bond donors (Lipinski definition) is 0. The lowest BCUT2D eigenvalue weighted by atomic mass is 9.88. The van der Waals surface area contributed by atoms with E-state index < -0.39 is 0 Å². The lowest BCUT2D eigenvalue weighted by Gasteiger charge is -2.28. The highest BCUT2D eigenvalue weighted by Crippen LogP contribution is 2.48. The summed E-state index contributed by atoms with van der Waals surface area (Å²) in [4.78, 5) is 12.7. The zero-order chi connectivity index (χ0) is 19.7. The first-order valence-electron chi connectivity index (χ1n) is 9.61. The quantitative estimate of drug-likeness (QED) is 0.593. The lowest BCUT2D eigenvalue weighted by molar-refractivity contribution is 0.232. The molecule has 1 unspecified atom stereocenters. The number of fused-ring (bicyclic) bond motifs is 2. The summed E-state index contributed by atoms with van der Waals surface area (Å²) in [7, 11) is 0. The van der Waals surface area contributed by atoms with Crippen molar-refractivity contribution in [2.45, 2.75) is 40.0 Å². The van der Waals surface area contributed by atoms with E-state index in [9.17, 15) is 0 Å². The third kappa shape index (κ3) is 3.70. The van der Waals surface area contributed by atoms with Gasteiger partial charge in [-0.15, -0.1) is 0 Å². The highest BCUT2D eigenvalue weighted by Gasteiger charge is 2.29. The molecule has 2 aromatic heterocycles. The smallest absolute Gasteiger partial charge is 0.220 e. The Morgan fingerprint density at radius 2 is 1.82 bits per heavy atom. The molecule has 3 aromatic rings. The Bertz CT molecular complexity index is 981. The minimum Gasteiger partial charge on any atom is -0.477 e. The molecule has 5 heteroatoms. The maximum absolute atomic E-state index is 6.18. The van der Waals surface area contributed by atoms with Gasteiger partial charge >= 0.3 is 0 Å². The van der Waals surface area contributed by atoms with Gasteiger partial charge in [-0.2, -0.15) is 0 Å². The van der Waals surface area contributed by atoms with Gasteiger partial charge in [0.25, 0.3) is 0 Å². The van der Waals surface area contributed by atoms with Gasteiger partial charge in [0.1, 0.15) is 17.8 Å². The average molecular weight is 375 g/mol. The number of pyridine rings is 1. The predicted octanol–water partition coefficient (Wildman–Crippen LogP) is 5.61. The van der Waals surface area contributed by atoms with Crippen LogP contribution in [0, 0.1) is 5.41 Å². The first-order chi connectivity index (χ1) is 13.4. The van der Waals surface area contributed by atoms with Gasteiger partial charge in [0.2, 0.25) is 5.88 Å². The Hall–Kier alpha value is -2.95. The van der Waals surface area contributed by atoms with Crippen molar-refractivity contribution in [1.82, 2.24) is 15.0 Å². The van der Waals surface area contributed by atoms with Crippen molar-refractivity contribution in [3.63, 3.8) is 0 Å². The second-order valence-corrected chi connectivity index (χ2v) is 8.39. The van der Waals surface area contributed by atoms with Crippen molar-refractivity contribution in [3.05, 3.63) is 60.3 Å². The fraction of sp³-hybridized carbons (Fsp3) is 0.348. The summed E-state index contributed by atoms with van der Waals surface area (Å²) >= 11 is 0. The average Bonchev–Trinajstić information content (AvgIpc) is 2.67. The van der Waals surface area contributed by atoms with E-state index in [1.54, 1.807) is 6.20 Å². The molecule has 0 amide bonds. The maximum atomic E-state index is 6.18. The van der Waals surface area contributed by atoms with Crippen LogP contribution in [0.4, 0.5) is 0 Å². The Kier molecular flexibility index (Phi) is 4.75. The van der Waals surface area contributed by atoms with Crippen LogP contribution >= 0.6 is 0 Å². The number of rotatable bonds is 4. The third-order valence-corrected chi connectivity index (χ3v) is 5.03. The summed E-state index contributed by atoms with van der Waals surface area (Å²) in [5, 5.41) is 0. The molecule has 28 heavy (non-hydrogen) atoms. The van der Waals surface area contributed by atoms with Crippen molar-refractivity contribution in [2.75, 3.05) is 6.61 Å². The van der Waals surface area contributed by atoms with Gasteiger partial charge in [0.05, 0.1) is 12.2 Å². The van der Waals surface area contributed by atoms with Gasteiger partial charge < -0.3 is 9.47 Å². The van der Waals surface area contributed by atoms with Crippen LogP contribution in [0.15, 0.2) is 49.2 Å². The molecule has 3 heterocycles. The van der Waals surface area contributed by atoms with Crippen molar-refractivity contribution >= 4 is 0 Å². The Morgan fingerprint density at radius 3 is 2.57 bits per heavy atom. The van der Waals surface area contributed by atoms with Crippen LogP contribution < -0.4 is 9.47 Å². The number of benzene rings is 1. The SMILES string of the molecule is CC1c2cc(-c3cncnc3)ccc2Oc2ccnc(OCCC(C)(C)C)c21. The first kappa shape index (κ1) is 18.4. The van der Waals surface area contributed by atoms with Crippen LogP contribution in [-0.4, -0.2) is 21.6 Å². The van der Waals surface area contributed by atoms with E-state index in [0.717, 1.165) is 40.2 Å². The summed E-state index contributed by atoms with van der Waals surface area (Å²) in [6, 6.07) is 8.10. The highest BCUT2D eigenvalue weighted by atomic mass is 16.5. The molecular formula is C23H25N3O2. The van der Waals surface area contributed by atoms with Gasteiger partial charge in [-0.05, 0) is 35.6 Å². The standard InChI is InChI=1S/C23H25N3O2/c1-15-18-11-16(17-12-24-14-25-13-17)5-6-19(18)28-20-7-9-26-22(21(15)20)27-10-8-23(2,3)4/h5-7,9,11-15H,8,10H2,1-4H3. The molecule has 1 aliphatic heterocycles. The Morgan fingerprint density at radius 1 is 1.04 bits per heavy atom. The molecule has 5 nitrogen and oxygen atoms in total. The van der Waals surface area contributed by atoms with E-state index in [4.69, 9.17) is 9.47 Å². The van der Waals surface area contributed by atoms with Crippen LogP contribution in [0.25, 0.3) is 11.1 Å². The Labute approximate surface area is 165 Å². The molecule has 0 spiro atoms. The van der Waals surface area contributed by atoms with Crippen molar-refractivity contribution < 1.29 is 9.47 Å². The number of nitrogens with zero attached hydrogens (tertiary/aromatic N) is 3. The predicted molar refractivity (Wildman–Crippen MR) is 109 cm³/mol. The third-order valence-electron chi connectivity index (χ3n) is 5.03. The summed E-state index contributed by atoms with van der Waals surface area (Å²) in [6.45, 7) is 9.43. The molecule has 144 valence electrons. The van der Waals surface area contributed by atoms with Gasteiger partial charge in [0.15, 0.2) is 0 Å². The molecule has 4 rings (SSSR count). The fourth-order valence-corrected chi connectivity index (χ4v) is 3.38. The summed E-state index contributed by atoms with van der Waals surface area (Å²) in [5.74, 6) is 2.46. The van der Waals surface area contributed by atoms with E-state index in [1.807, 2.05) is 30.6 Å². The monoisotopic (exact) mass is 375 g/mol.